The molecule has 1 amide bonds. The third-order valence-electron chi connectivity index (χ3n) is 6.49. The fraction of sp³-hybridized carbons (Fsp3) is 0.417. The second-order valence-corrected chi connectivity index (χ2v) is 14.4. The molecule has 1 aliphatic heterocycles. The molecule has 212 valence electrons. The number of para-hydroxylation sites is 1. The molecule has 0 aliphatic carbocycles. The van der Waals surface area contributed by atoms with E-state index in [4.69, 9.17) is 4.74 Å². The number of aliphatic hydroxyl groups is 1. The highest BCUT2D eigenvalue weighted by atomic mass is 32.2. The molecule has 0 radical (unpaired) electrons. The van der Waals surface area contributed by atoms with Gasteiger partial charge in [-0.2, -0.15) is 12.7 Å². The molecular formula is C24H31N5O7S3. The Morgan fingerprint density at radius 1 is 1.26 bits per heavy atom. The summed E-state index contributed by atoms with van der Waals surface area (Å²) < 4.78 is 64.1. The Balaban J connectivity index is 1.76. The summed E-state index contributed by atoms with van der Waals surface area (Å²) in [6, 6.07) is 7.10. The number of hydrogen-bond acceptors (Lipinski definition) is 9. The minimum atomic E-state index is -4.14. The molecule has 3 heterocycles. The van der Waals surface area contributed by atoms with E-state index in [0.29, 0.717) is 0 Å². The molecular weight excluding hydrogens is 566 g/mol. The van der Waals surface area contributed by atoms with Gasteiger partial charge in [-0.15, -0.1) is 11.3 Å². The lowest BCUT2D eigenvalue weighted by atomic mass is 9.99. The summed E-state index contributed by atoms with van der Waals surface area (Å²) >= 11 is 1.10. The van der Waals surface area contributed by atoms with Crippen molar-refractivity contribution in [2.24, 2.45) is 13.0 Å². The maximum atomic E-state index is 13.6. The van der Waals surface area contributed by atoms with Gasteiger partial charge >= 0.3 is 0 Å². The van der Waals surface area contributed by atoms with E-state index in [2.05, 4.69) is 9.71 Å². The Hall–Kier alpha value is -2.98. The number of likely N-dealkylation sites (N-methyl/N-ethyl adjacent to an activating group) is 1. The standard InChI is InChI=1S/C24H31N5O7S3/c1-16-11-29(17(2)14-30)24(31)18-7-5-8-19(26-38(32,33)21-13-27(3)15-25-21)23(18)36-20(16)12-28(4)39(34,35)22-9-6-10-37-22/h5-10,13,15-17,20,26,30H,11-12,14H2,1-4H3/t16-,17-,20-/m0/s1. The molecule has 15 heteroatoms. The Morgan fingerprint density at radius 3 is 2.62 bits per heavy atom. The van der Waals surface area contributed by atoms with E-state index in [-0.39, 0.29) is 45.9 Å². The molecule has 0 spiro atoms. The summed E-state index contributed by atoms with van der Waals surface area (Å²) in [5.41, 5.74) is 0.0863. The smallest absolute Gasteiger partial charge is 0.281 e. The largest absolute Gasteiger partial charge is 0.486 e. The summed E-state index contributed by atoms with van der Waals surface area (Å²) in [4.78, 5) is 19.0. The maximum absolute atomic E-state index is 13.6. The first-order chi connectivity index (χ1) is 18.3. The topological polar surface area (TPSA) is 151 Å². The minimum absolute atomic E-state index is 0.00553. The molecule has 39 heavy (non-hydrogen) atoms. The number of aliphatic hydroxyl groups excluding tert-OH is 1. The third kappa shape index (κ3) is 5.96. The van der Waals surface area contributed by atoms with E-state index in [9.17, 15) is 26.7 Å². The second-order valence-electron chi connectivity index (χ2n) is 9.51. The highest BCUT2D eigenvalue weighted by molar-refractivity contribution is 7.92. The van der Waals surface area contributed by atoms with Crippen LogP contribution in [0.2, 0.25) is 0 Å². The lowest BCUT2D eigenvalue weighted by molar-refractivity contribution is 0.0389. The summed E-state index contributed by atoms with van der Waals surface area (Å²) in [5.74, 6) is -0.872. The molecule has 0 bridgehead atoms. The van der Waals surface area contributed by atoms with E-state index >= 15 is 0 Å². The molecule has 0 saturated heterocycles. The average molecular weight is 598 g/mol. The number of carbonyl (C=O) groups excluding carboxylic acids is 1. The first kappa shape index (κ1) is 29.0. The Morgan fingerprint density at radius 2 is 2.00 bits per heavy atom. The predicted molar refractivity (Wildman–Crippen MR) is 146 cm³/mol. The van der Waals surface area contributed by atoms with Crippen LogP contribution in [-0.2, 0) is 27.1 Å². The number of sulfonamides is 2. The van der Waals surface area contributed by atoms with Crippen LogP contribution in [0.15, 0.2) is 57.5 Å². The first-order valence-corrected chi connectivity index (χ1v) is 15.9. The number of nitrogens with one attached hydrogen (secondary N) is 1. The number of imidazole rings is 1. The van der Waals surface area contributed by atoms with Gasteiger partial charge in [0.15, 0.2) is 10.8 Å². The molecule has 4 rings (SSSR count). The molecule has 0 fully saturated rings. The number of anilines is 1. The number of thiophene rings is 1. The Labute approximate surface area is 231 Å². The normalized spacial score (nSPS) is 19.2. The average Bonchev–Trinajstić information content (AvgIpc) is 3.59. The molecule has 0 saturated carbocycles. The van der Waals surface area contributed by atoms with Gasteiger partial charge in [0.05, 0.1) is 36.8 Å². The summed E-state index contributed by atoms with van der Waals surface area (Å²) in [7, 11) is -4.86. The Kier molecular flexibility index (Phi) is 8.37. The summed E-state index contributed by atoms with van der Waals surface area (Å²) in [5, 5.41) is 11.3. The zero-order chi connectivity index (χ0) is 28.5. The minimum Gasteiger partial charge on any atom is -0.486 e. The van der Waals surface area contributed by atoms with Crippen molar-refractivity contribution in [3.8, 4) is 5.75 Å². The molecule has 2 N–H and O–H groups in total. The molecule has 3 aromatic rings. The number of hydrogen-bond donors (Lipinski definition) is 2. The quantitative estimate of drug-likeness (QED) is 0.379. The van der Waals surface area contributed by atoms with Crippen molar-refractivity contribution in [2.75, 3.05) is 31.5 Å². The number of benzene rings is 1. The third-order valence-corrected chi connectivity index (χ3v) is 10.9. The van der Waals surface area contributed by atoms with Crippen LogP contribution in [0.1, 0.15) is 24.2 Å². The van der Waals surface area contributed by atoms with Gasteiger partial charge in [0.2, 0.25) is 0 Å². The van der Waals surface area contributed by atoms with Gasteiger partial charge < -0.3 is 19.3 Å². The summed E-state index contributed by atoms with van der Waals surface area (Å²) in [6.45, 7) is 3.33. The zero-order valence-corrected chi connectivity index (χ0v) is 24.3. The van der Waals surface area contributed by atoms with Crippen LogP contribution in [0, 0.1) is 5.92 Å². The number of aromatic nitrogens is 2. The van der Waals surface area contributed by atoms with Gasteiger partial charge in [-0.3, -0.25) is 9.52 Å². The van der Waals surface area contributed by atoms with Crippen molar-refractivity contribution < 1.29 is 31.5 Å². The van der Waals surface area contributed by atoms with Crippen LogP contribution >= 0.6 is 11.3 Å². The number of amides is 1. The molecule has 12 nitrogen and oxygen atoms in total. The Bertz CT molecular complexity index is 1540. The highest BCUT2D eigenvalue weighted by Crippen LogP contribution is 2.36. The van der Waals surface area contributed by atoms with Crippen molar-refractivity contribution in [3.05, 3.63) is 53.8 Å². The van der Waals surface area contributed by atoms with Crippen molar-refractivity contribution in [1.29, 1.82) is 0 Å². The van der Waals surface area contributed by atoms with Crippen LogP contribution in [0.25, 0.3) is 0 Å². The number of carbonyl (C=O) groups is 1. The van der Waals surface area contributed by atoms with Gasteiger partial charge in [-0.1, -0.05) is 19.1 Å². The van der Waals surface area contributed by atoms with Crippen LogP contribution in [0.4, 0.5) is 5.69 Å². The second kappa shape index (κ2) is 11.3. The van der Waals surface area contributed by atoms with Crippen molar-refractivity contribution in [3.63, 3.8) is 0 Å². The van der Waals surface area contributed by atoms with Crippen LogP contribution in [-0.4, -0.2) is 85.5 Å². The molecule has 0 unspecified atom stereocenters. The van der Waals surface area contributed by atoms with Crippen molar-refractivity contribution in [1.82, 2.24) is 18.8 Å². The fourth-order valence-electron chi connectivity index (χ4n) is 4.18. The predicted octanol–water partition coefficient (Wildman–Crippen LogP) is 1.82. The van der Waals surface area contributed by atoms with E-state index in [1.807, 2.05) is 6.92 Å². The summed E-state index contributed by atoms with van der Waals surface area (Å²) in [6.07, 6.45) is 1.91. The van der Waals surface area contributed by atoms with Crippen molar-refractivity contribution >= 4 is 43.0 Å². The first-order valence-electron chi connectivity index (χ1n) is 12.1. The highest BCUT2D eigenvalue weighted by Gasteiger charge is 2.36. The van der Waals surface area contributed by atoms with Gasteiger partial charge in [0.25, 0.3) is 26.0 Å². The molecule has 3 atom stereocenters. The van der Waals surface area contributed by atoms with Gasteiger partial charge in [0, 0.05) is 32.8 Å². The van der Waals surface area contributed by atoms with Crippen LogP contribution < -0.4 is 9.46 Å². The van der Waals surface area contributed by atoms with Gasteiger partial charge in [0.1, 0.15) is 10.3 Å². The van der Waals surface area contributed by atoms with Crippen molar-refractivity contribution in [2.45, 2.75) is 35.2 Å². The van der Waals surface area contributed by atoms with Crippen LogP contribution in [0.3, 0.4) is 0 Å². The molecule has 2 aromatic heterocycles. The van der Waals surface area contributed by atoms with E-state index in [1.165, 1.54) is 57.6 Å². The molecule has 1 aliphatic rings. The van der Waals surface area contributed by atoms with Crippen LogP contribution in [0.5, 0.6) is 5.75 Å². The lowest BCUT2D eigenvalue weighted by Crippen LogP contribution is -2.50. The monoisotopic (exact) mass is 597 g/mol. The fourth-order valence-corrected chi connectivity index (χ4v) is 7.61. The number of nitrogens with zero attached hydrogens (tertiary/aromatic N) is 4. The number of ether oxygens (including phenoxy) is 1. The van der Waals surface area contributed by atoms with Gasteiger partial charge in [-0.25, -0.2) is 13.4 Å². The number of fused-ring (bicyclic) bond motifs is 1. The number of rotatable bonds is 9. The van der Waals surface area contributed by atoms with E-state index in [1.54, 1.807) is 25.4 Å². The van der Waals surface area contributed by atoms with Gasteiger partial charge in [-0.05, 0) is 30.5 Å². The van der Waals surface area contributed by atoms with E-state index in [0.717, 1.165) is 11.3 Å². The SMILES string of the molecule is C[C@H]1CN([C@@H](C)CO)C(=O)c2cccc(NS(=O)(=O)c3cn(C)cn3)c2O[C@H]1CN(C)S(=O)(=O)c1cccs1. The lowest BCUT2D eigenvalue weighted by Gasteiger charge is -2.38. The molecule has 1 aromatic carbocycles. The van der Waals surface area contributed by atoms with E-state index < -0.39 is 44.0 Å². The zero-order valence-electron chi connectivity index (χ0n) is 21.9. The number of aryl methyl sites for hydroxylation is 1. The maximum Gasteiger partial charge on any atom is 0.281 e.